The monoisotopic (exact) mass is 253 g/mol. The molecular formula is C14H27N3O. The molecule has 18 heavy (non-hydrogen) atoms. The van der Waals surface area contributed by atoms with Crippen LogP contribution in [0.2, 0.25) is 0 Å². The molecule has 0 radical (unpaired) electrons. The summed E-state index contributed by atoms with van der Waals surface area (Å²) in [7, 11) is 0. The minimum Gasteiger partial charge on any atom is -0.424 e. The first-order valence-corrected chi connectivity index (χ1v) is 7.38. The lowest BCUT2D eigenvalue weighted by molar-refractivity contribution is 0.425. The molecule has 0 amide bonds. The number of aryl methyl sites for hydroxylation is 1. The molecule has 4 heteroatoms. The Hall–Kier alpha value is -0.900. The van der Waals surface area contributed by atoms with Crippen LogP contribution in [0.15, 0.2) is 4.42 Å². The van der Waals surface area contributed by atoms with E-state index in [0.717, 1.165) is 31.7 Å². The highest BCUT2D eigenvalue weighted by Gasteiger charge is 2.04. The molecule has 0 atom stereocenters. The van der Waals surface area contributed by atoms with E-state index in [-0.39, 0.29) is 0 Å². The third-order valence-corrected chi connectivity index (χ3v) is 2.96. The first kappa shape index (κ1) is 15.2. The summed E-state index contributed by atoms with van der Waals surface area (Å²) in [5, 5.41) is 11.4. The van der Waals surface area contributed by atoms with Crippen LogP contribution in [0.5, 0.6) is 0 Å². The van der Waals surface area contributed by atoms with Gasteiger partial charge in [0.05, 0.1) is 6.54 Å². The minimum absolute atomic E-state index is 0.692. The number of rotatable bonds is 11. The lowest BCUT2D eigenvalue weighted by Crippen LogP contribution is -2.13. The van der Waals surface area contributed by atoms with Crippen molar-refractivity contribution in [2.24, 2.45) is 0 Å². The van der Waals surface area contributed by atoms with Crippen LogP contribution in [0.3, 0.4) is 0 Å². The van der Waals surface area contributed by atoms with E-state index in [1.165, 1.54) is 32.1 Å². The lowest BCUT2D eigenvalue weighted by Gasteiger charge is -1.98. The molecule has 0 bridgehead atoms. The average molecular weight is 253 g/mol. The Morgan fingerprint density at radius 1 is 0.889 bits per heavy atom. The summed E-state index contributed by atoms with van der Waals surface area (Å²) >= 11 is 0. The van der Waals surface area contributed by atoms with Gasteiger partial charge in [-0.3, -0.25) is 0 Å². The number of nitrogens with zero attached hydrogens (tertiary/aromatic N) is 2. The molecule has 1 rings (SSSR count). The van der Waals surface area contributed by atoms with E-state index in [0.29, 0.717) is 12.4 Å². The van der Waals surface area contributed by atoms with Crippen molar-refractivity contribution in [3.05, 3.63) is 11.8 Å². The van der Waals surface area contributed by atoms with Crippen LogP contribution in [0.1, 0.15) is 70.6 Å². The zero-order valence-corrected chi connectivity index (χ0v) is 11.9. The summed E-state index contributed by atoms with van der Waals surface area (Å²) < 4.78 is 5.57. The maximum Gasteiger partial charge on any atom is 0.230 e. The van der Waals surface area contributed by atoms with Gasteiger partial charge in [0.15, 0.2) is 0 Å². The fourth-order valence-electron chi connectivity index (χ4n) is 1.89. The predicted octanol–water partition coefficient (Wildman–Crippen LogP) is 3.47. The van der Waals surface area contributed by atoms with E-state index < -0.39 is 0 Å². The molecule has 0 aliphatic rings. The van der Waals surface area contributed by atoms with Crippen molar-refractivity contribution >= 4 is 0 Å². The molecule has 104 valence electrons. The van der Waals surface area contributed by atoms with Crippen molar-refractivity contribution in [2.75, 3.05) is 6.54 Å². The van der Waals surface area contributed by atoms with E-state index in [2.05, 4.69) is 29.4 Å². The maximum absolute atomic E-state index is 5.57. The predicted molar refractivity (Wildman–Crippen MR) is 73.4 cm³/mol. The Labute approximate surface area is 111 Å². The molecule has 0 spiro atoms. The van der Waals surface area contributed by atoms with Crippen molar-refractivity contribution in [2.45, 2.75) is 71.8 Å². The molecule has 4 nitrogen and oxygen atoms in total. The lowest BCUT2D eigenvalue weighted by atomic mass is 10.1. The van der Waals surface area contributed by atoms with Crippen molar-refractivity contribution in [1.29, 1.82) is 0 Å². The average Bonchev–Trinajstić information content (AvgIpc) is 2.82. The van der Waals surface area contributed by atoms with Gasteiger partial charge in [-0.05, 0) is 19.4 Å². The molecule has 1 heterocycles. The van der Waals surface area contributed by atoms with E-state index in [1.807, 2.05) is 0 Å². The number of aromatic nitrogens is 2. The third kappa shape index (κ3) is 6.74. The number of hydrogen-bond acceptors (Lipinski definition) is 4. The fourth-order valence-corrected chi connectivity index (χ4v) is 1.89. The van der Waals surface area contributed by atoms with E-state index in [1.54, 1.807) is 0 Å². The molecule has 0 saturated heterocycles. The largest absolute Gasteiger partial charge is 0.424 e. The van der Waals surface area contributed by atoms with Crippen molar-refractivity contribution in [3.8, 4) is 0 Å². The normalized spacial score (nSPS) is 11.0. The Balaban J connectivity index is 2.07. The molecule has 0 aliphatic heterocycles. The summed E-state index contributed by atoms with van der Waals surface area (Å²) in [6.07, 6.45) is 9.82. The van der Waals surface area contributed by atoms with Gasteiger partial charge in [-0.25, -0.2) is 0 Å². The second-order valence-corrected chi connectivity index (χ2v) is 4.78. The van der Waals surface area contributed by atoms with E-state index >= 15 is 0 Å². The second kappa shape index (κ2) is 10.1. The highest BCUT2D eigenvalue weighted by Crippen LogP contribution is 2.09. The minimum atomic E-state index is 0.692. The smallest absolute Gasteiger partial charge is 0.230 e. The van der Waals surface area contributed by atoms with Gasteiger partial charge in [-0.1, -0.05) is 46.0 Å². The third-order valence-electron chi connectivity index (χ3n) is 2.96. The SMILES string of the molecule is CCCCCCCCc1nnc(CNCCC)o1. The van der Waals surface area contributed by atoms with Crippen LogP contribution in [0, 0.1) is 0 Å². The highest BCUT2D eigenvalue weighted by atomic mass is 16.4. The Kier molecular flexibility index (Phi) is 8.47. The summed E-state index contributed by atoms with van der Waals surface area (Å²) in [6, 6.07) is 0. The van der Waals surface area contributed by atoms with Crippen molar-refractivity contribution < 1.29 is 4.42 Å². The summed E-state index contributed by atoms with van der Waals surface area (Å²) in [5.41, 5.74) is 0. The molecule has 0 aromatic carbocycles. The molecule has 0 unspecified atom stereocenters. The van der Waals surface area contributed by atoms with Crippen LogP contribution < -0.4 is 5.32 Å². The van der Waals surface area contributed by atoms with Crippen LogP contribution in [-0.4, -0.2) is 16.7 Å². The summed E-state index contributed by atoms with van der Waals surface area (Å²) in [5.74, 6) is 1.50. The summed E-state index contributed by atoms with van der Waals surface area (Å²) in [4.78, 5) is 0. The fraction of sp³-hybridized carbons (Fsp3) is 0.857. The molecule has 0 fully saturated rings. The first-order chi connectivity index (χ1) is 8.86. The molecule has 1 aromatic heterocycles. The van der Waals surface area contributed by atoms with Gasteiger partial charge < -0.3 is 9.73 Å². The quantitative estimate of drug-likeness (QED) is 0.613. The zero-order valence-electron chi connectivity index (χ0n) is 11.9. The molecular weight excluding hydrogens is 226 g/mol. The Morgan fingerprint density at radius 3 is 2.39 bits per heavy atom. The van der Waals surface area contributed by atoms with Gasteiger partial charge in [0.1, 0.15) is 0 Å². The van der Waals surface area contributed by atoms with Gasteiger partial charge in [0, 0.05) is 6.42 Å². The van der Waals surface area contributed by atoms with Crippen molar-refractivity contribution in [3.63, 3.8) is 0 Å². The van der Waals surface area contributed by atoms with Crippen LogP contribution in [0.4, 0.5) is 0 Å². The zero-order chi connectivity index (χ0) is 13.1. The maximum atomic E-state index is 5.57. The van der Waals surface area contributed by atoms with Gasteiger partial charge >= 0.3 is 0 Å². The van der Waals surface area contributed by atoms with E-state index in [9.17, 15) is 0 Å². The van der Waals surface area contributed by atoms with Crippen molar-refractivity contribution in [1.82, 2.24) is 15.5 Å². The van der Waals surface area contributed by atoms with Crippen LogP contribution in [-0.2, 0) is 13.0 Å². The standard InChI is InChI=1S/C14H27N3O/c1-3-5-6-7-8-9-10-13-16-17-14(18-13)12-15-11-4-2/h15H,3-12H2,1-2H3. The second-order valence-electron chi connectivity index (χ2n) is 4.78. The van der Waals surface area contributed by atoms with Crippen LogP contribution >= 0.6 is 0 Å². The number of hydrogen-bond donors (Lipinski definition) is 1. The highest BCUT2D eigenvalue weighted by molar-refractivity contribution is 4.81. The first-order valence-electron chi connectivity index (χ1n) is 7.38. The van der Waals surface area contributed by atoms with Gasteiger partial charge in [0.2, 0.25) is 11.8 Å². The molecule has 0 aliphatic carbocycles. The van der Waals surface area contributed by atoms with Gasteiger partial charge in [-0.2, -0.15) is 0 Å². The number of unbranched alkanes of at least 4 members (excludes halogenated alkanes) is 5. The Morgan fingerprint density at radius 2 is 1.61 bits per heavy atom. The topological polar surface area (TPSA) is 51.0 Å². The van der Waals surface area contributed by atoms with Crippen LogP contribution in [0.25, 0.3) is 0 Å². The Bertz CT molecular complexity index is 299. The molecule has 1 aromatic rings. The number of nitrogens with one attached hydrogen (secondary N) is 1. The van der Waals surface area contributed by atoms with Gasteiger partial charge in [-0.15, -0.1) is 10.2 Å². The molecule has 0 saturated carbocycles. The van der Waals surface area contributed by atoms with E-state index in [4.69, 9.17) is 4.42 Å². The van der Waals surface area contributed by atoms with Gasteiger partial charge in [0.25, 0.3) is 0 Å². The summed E-state index contributed by atoms with van der Waals surface area (Å²) in [6.45, 7) is 6.07. The molecule has 1 N–H and O–H groups in total.